The van der Waals surface area contributed by atoms with Crippen LogP contribution in [0.4, 0.5) is 13.2 Å². The Balaban J connectivity index is 1.31. The second-order valence-corrected chi connectivity index (χ2v) is 11.9. The van der Waals surface area contributed by atoms with Crippen LogP contribution < -0.4 is 10.1 Å². The summed E-state index contributed by atoms with van der Waals surface area (Å²) in [7, 11) is 1.11. The predicted octanol–water partition coefficient (Wildman–Crippen LogP) is 6.49. The molecule has 0 radical (unpaired) electrons. The van der Waals surface area contributed by atoms with Crippen molar-refractivity contribution in [3.63, 3.8) is 0 Å². The minimum Gasteiger partial charge on any atom is -0.406 e. The number of rotatable bonds is 13. The molecule has 2 aromatic carbocycles. The molecular formula is C30H38F3N4O2P. The van der Waals surface area contributed by atoms with Gasteiger partial charge >= 0.3 is 6.36 Å². The Hall–Kier alpha value is -2.90. The zero-order valence-electron chi connectivity index (χ0n) is 23.2. The number of benzene rings is 2. The SMILES string of the molecule is C=C(NCCN1CCPCC1)c1cc2cn(CC(CC)CCC(=O)c3ccc(OC(F)(F)F)cc3)nc2cc1C. The molecule has 10 heteroatoms. The largest absolute Gasteiger partial charge is 0.573 e. The highest BCUT2D eigenvalue weighted by Crippen LogP contribution is 2.26. The van der Waals surface area contributed by atoms with Gasteiger partial charge in [-0.25, -0.2) is 0 Å². The molecule has 1 fully saturated rings. The molecule has 1 N–H and O–H groups in total. The Morgan fingerprint density at radius 1 is 1.20 bits per heavy atom. The number of hydrogen-bond donors (Lipinski definition) is 1. The third kappa shape index (κ3) is 8.55. The number of Topliss-reactive ketones (excluding diaryl/α,β-unsaturated/α-hetero) is 1. The molecule has 1 aliphatic rings. The molecule has 2 heterocycles. The molecule has 0 amide bonds. The maximum absolute atomic E-state index is 12.7. The van der Waals surface area contributed by atoms with Crippen LogP contribution in [-0.2, 0) is 6.54 Å². The topological polar surface area (TPSA) is 59.4 Å². The molecule has 6 nitrogen and oxygen atoms in total. The lowest BCUT2D eigenvalue weighted by molar-refractivity contribution is -0.274. The molecule has 0 bridgehead atoms. The lowest BCUT2D eigenvalue weighted by atomic mass is 9.96. The molecule has 1 atom stereocenters. The van der Waals surface area contributed by atoms with E-state index in [4.69, 9.17) is 5.10 Å². The maximum Gasteiger partial charge on any atom is 0.573 e. The lowest BCUT2D eigenvalue weighted by Crippen LogP contribution is -2.36. The Kier molecular flexibility index (Phi) is 10.3. The van der Waals surface area contributed by atoms with Crippen molar-refractivity contribution in [2.75, 3.05) is 38.5 Å². The van der Waals surface area contributed by atoms with E-state index in [1.807, 2.05) is 10.9 Å². The average molecular weight is 575 g/mol. The van der Waals surface area contributed by atoms with Crippen molar-refractivity contribution >= 4 is 31.0 Å². The first-order valence-corrected chi connectivity index (χ1v) is 15.3. The van der Waals surface area contributed by atoms with Gasteiger partial charge in [0.25, 0.3) is 0 Å². The van der Waals surface area contributed by atoms with Gasteiger partial charge in [0.15, 0.2) is 5.78 Å². The lowest BCUT2D eigenvalue weighted by Gasteiger charge is -2.26. The molecule has 40 heavy (non-hydrogen) atoms. The normalized spacial score (nSPS) is 15.2. The highest BCUT2D eigenvalue weighted by molar-refractivity contribution is 7.38. The number of ketones is 1. The van der Waals surface area contributed by atoms with Crippen LogP contribution in [0.3, 0.4) is 0 Å². The fraction of sp³-hybridized carbons (Fsp3) is 0.467. The van der Waals surface area contributed by atoms with E-state index in [-0.39, 0.29) is 17.5 Å². The van der Waals surface area contributed by atoms with Crippen molar-refractivity contribution in [3.05, 3.63) is 65.9 Å². The van der Waals surface area contributed by atoms with Crippen LogP contribution in [0.25, 0.3) is 16.6 Å². The number of aromatic nitrogens is 2. The Bertz CT molecular complexity index is 1300. The summed E-state index contributed by atoms with van der Waals surface area (Å²) >= 11 is 0. The van der Waals surface area contributed by atoms with Crippen LogP contribution in [-0.4, -0.2) is 65.3 Å². The molecule has 1 aliphatic heterocycles. The quantitative estimate of drug-likeness (QED) is 0.187. The number of ether oxygens (including phenoxy) is 1. The van der Waals surface area contributed by atoms with Crippen LogP contribution >= 0.6 is 8.58 Å². The second-order valence-electron chi connectivity index (χ2n) is 10.4. The van der Waals surface area contributed by atoms with E-state index in [9.17, 15) is 18.0 Å². The number of fused-ring (bicyclic) bond motifs is 1. The van der Waals surface area contributed by atoms with Gasteiger partial charge in [-0.15, -0.1) is 21.8 Å². The van der Waals surface area contributed by atoms with Crippen molar-refractivity contribution in [1.82, 2.24) is 20.0 Å². The Morgan fingerprint density at radius 2 is 1.93 bits per heavy atom. The number of hydrogen-bond acceptors (Lipinski definition) is 5. The molecule has 1 saturated heterocycles. The van der Waals surface area contributed by atoms with Crippen molar-refractivity contribution in [1.29, 1.82) is 0 Å². The summed E-state index contributed by atoms with van der Waals surface area (Å²) in [6, 6.07) is 9.33. The highest BCUT2D eigenvalue weighted by atomic mass is 31.1. The van der Waals surface area contributed by atoms with Crippen LogP contribution in [0, 0.1) is 12.8 Å². The molecular weight excluding hydrogens is 536 g/mol. The number of aryl methyl sites for hydroxylation is 1. The van der Waals surface area contributed by atoms with Gasteiger partial charge in [0.1, 0.15) is 5.75 Å². The number of carbonyl (C=O) groups is 1. The fourth-order valence-corrected chi connectivity index (χ4v) is 6.25. The van der Waals surface area contributed by atoms with Gasteiger partial charge in [0.05, 0.1) is 5.52 Å². The molecule has 1 aromatic heterocycles. The number of alkyl halides is 3. The summed E-state index contributed by atoms with van der Waals surface area (Å²) in [5, 5.41) is 9.33. The Labute approximate surface area is 235 Å². The van der Waals surface area contributed by atoms with E-state index < -0.39 is 6.36 Å². The summed E-state index contributed by atoms with van der Waals surface area (Å²) < 4.78 is 42.9. The van der Waals surface area contributed by atoms with E-state index in [0.717, 1.165) is 55.8 Å². The van der Waals surface area contributed by atoms with Crippen molar-refractivity contribution in [2.24, 2.45) is 5.92 Å². The van der Waals surface area contributed by atoms with E-state index in [2.05, 4.69) is 47.5 Å². The van der Waals surface area contributed by atoms with Gasteiger partial charge in [-0.05, 0) is 73.5 Å². The first-order valence-electron chi connectivity index (χ1n) is 13.8. The molecule has 0 spiro atoms. The standard InChI is InChI=1S/C30H38F3N4O2P/c1-4-23(5-10-29(38)24-6-8-26(9-7-24)39-30(31,32)33)19-37-20-25-18-27(21(2)17-28(25)35-37)22(3)34-11-12-36-13-15-40-16-14-36/h6-9,17-18,20,23,34,40H,3-5,10-16,19H2,1-2H3. The van der Waals surface area contributed by atoms with Gasteiger partial charge in [0, 0.05) is 67.6 Å². The molecule has 0 saturated carbocycles. The van der Waals surface area contributed by atoms with Crippen LogP contribution in [0.2, 0.25) is 0 Å². The monoisotopic (exact) mass is 574 g/mol. The summed E-state index contributed by atoms with van der Waals surface area (Å²) in [6.45, 7) is 13.4. The number of carbonyl (C=O) groups excluding carboxylic acids is 1. The summed E-state index contributed by atoms with van der Waals surface area (Å²) in [5.41, 5.74) is 4.45. The molecule has 1 unspecified atom stereocenters. The maximum atomic E-state index is 12.7. The summed E-state index contributed by atoms with van der Waals surface area (Å²) in [5.74, 6) is -0.204. The van der Waals surface area contributed by atoms with Crippen LogP contribution in [0.5, 0.6) is 5.75 Å². The molecule has 216 valence electrons. The van der Waals surface area contributed by atoms with Gasteiger partial charge in [-0.1, -0.05) is 19.9 Å². The molecule has 4 rings (SSSR count). The van der Waals surface area contributed by atoms with Crippen molar-refractivity contribution < 1.29 is 22.7 Å². The average Bonchev–Trinajstić information content (AvgIpc) is 3.31. The van der Waals surface area contributed by atoms with Gasteiger partial charge < -0.3 is 15.0 Å². The van der Waals surface area contributed by atoms with Crippen LogP contribution in [0.15, 0.2) is 49.2 Å². The van der Waals surface area contributed by atoms with Crippen molar-refractivity contribution in [2.45, 2.75) is 46.0 Å². The molecule has 3 aromatic rings. The third-order valence-electron chi connectivity index (χ3n) is 7.41. The number of nitrogens with one attached hydrogen (secondary N) is 1. The predicted molar refractivity (Wildman–Crippen MR) is 156 cm³/mol. The van der Waals surface area contributed by atoms with E-state index in [0.29, 0.717) is 24.9 Å². The zero-order chi connectivity index (χ0) is 28.7. The zero-order valence-corrected chi connectivity index (χ0v) is 24.2. The highest BCUT2D eigenvalue weighted by Gasteiger charge is 2.31. The van der Waals surface area contributed by atoms with Gasteiger partial charge in [-0.2, -0.15) is 5.10 Å². The first kappa shape index (κ1) is 30.1. The molecule has 0 aliphatic carbocycles. The van der Waals surface area contributed by atoms with E-state index >= 15 is 0 Å². The smallest absolute Gasteiger partial charge is 0.406 e. The first-order chi connectivity index (χ1) is 19.1. The minimum atomic E-state index is -4.75. The third-order valence-corrected chi connectivity index (χ3v) is 8.57. The van der Waals surface area contributed by atoms with Crippen molar-refractivity contribution in [3.8, 4) is 5.75 Å². The van der Waals surface area contributed by atoms with E-state index in [1.165, 1.54) is 49.7 Å². The van der Waals surface area contributed by atoms with Gasteiger partial charge in [-0.3, -0.25) is 9.48 Å². The fourth-order valence-electron chi connectivity index (χ4n) is 5.05. The second kappa shape index (κ2) is 13.6. The Morgan fingerprint density at radius 3 is 2.60 bits per heavy atom. The number of nitrogens with zero attached hydrogens (tertiary/aromatic N) is 3. The van der Waals surface area contributed by atoms with E-state index in [1.54, 1.807) is 0 Å². The van der Waals surface area contributed by atoms with Gasteiger partial charge in [0.2, 0.25) is 0 Å². The summed E-state index contributed by atoms with van der Waals surface area (Å²) in [6.07, 6.45) is 1.77. The number of halogens is 3. The summed E-state index contributed by atoms with van der Waals surface area (Å²) in [4.78, 5) is 15.2. The van der Waals surface area contributed by atoms with Crippen LogP contribution in [0.1, 0.15) is 47.7 Å². The minimum absolute atomic E-state index is 0.102.